The molecule has 134 valence electrons. The van der Waals surface area contributed by atoms with Gasteiger partial charge in [-0.1, -0.05) is 15.9 Å². The van der Waals surface area contributed by atoms with Gasteiger partial charge in [-0.15, -0.1) is 0 Å². The molecule has 0 saturated carbocycles. The maximum Gasteiger partial charge on any atom is 0.277 e. The number of benzene rings is 2. The first-order valence-corrected chi connectivity index (χ1v) is 8.76. The number of carbonyl (C=O) groups excluding carboxylic acids is 2. The Hall–Kier alpha value is -2.64. The molecular weight excluding hydrogens is 400 g/mol. The highest BCUT2D eigenvalue weighted by Crippen LogP contribution is 2.28. The first-order chi connectivity index (χ1) is 12.5. The summed E-state index contributed by atoms with van der Waals surface area (Å²) in [6, 6.07) is 12.9. The van der Waals surface area contributed by atoms with Gasteiger partial charge in [0.2, 0.25) is 0 Å². The third kappa shape index (κ3) is 3.95. The molecule has 6 nitrogen and oxygen atoms in total. The molecule has 1 aliphatic heterocycles. The Balaban J connectivity index is 1.72. The van der Waals surface area contributed by atoms with E-state index >= 15 is 0 Å². The van der Waals surface area contributed by atoms with Gasteiger partial charge >= 0.3 is 0 Å². The smallest absolute Gasteiger partial charge is 0.277 e. The predicted octanol–water partition coefficient (Wildman–Crippen LogP) is 3.21. The Kier molecular flexibility index (Phi) is 5.39. The molecule has 2 N–H and O–H groups in total. The van der Waals surface area contributed by atoms with Crippen molar-refractivity contribution in [2.24, 2.45) is 0 Å². The fourth-order valence-electron chi connectivity index (χ4n) is 2.53. The van der Waals surface area contributed by atoms with Crippen molar-refractivity contribution < 1.29 is 19.4 Å². The standard InChI is InChI=1S/C19H17BrN2O4/c1-12-10-15(26-14-4-2-13(20)3-5-14)6-7-16(12)21-17-11-18(24)22(8-9-23)19(17)25/h2-7,10-11,21,23H,8-9H2,1H3. The fraction of sp³-hybridized carbons (Fsp3) is 0.158. The van der Waals surface area contributed by atoms with Gasteiger partial charge in [-0.25, -0.2) is 0 Å². The number of ether oxygens (including phenoxy) is 1. The second kappa shape index (κ2) is 7.72. The van der Waals surface area contributed by atoms with E-state index in [4.69, 9.17) is 9.84 Å². The highest BCUT2D eigenvalue weighted by Gasteiger charge is 2.30. The average molecular weight is 417 g/mol. The first-order valence-electron chi connectivity index (χ1n) is 7.97. The van der Waals surface area contributed by atoms with Crippen LogP contribution < -0.4 is 10.1 Å². The van der Waals surface area contributed by atoms with Gasteiger partial charge in [0.15, 0.2) is 0 Å². The fourth-order valence-corrected chi connectivity index (χ4v) is 2.80. The number of aliphatic hydroxyl groups excluding tert-OH is 1. The summed E-state index contributed by atoms with van der Waals surface area (Å²) in [4.78, 5) is 25.0. The summed E-state index contributed by atoms with van der Waals surface area (Å²) in [7, 11) is 0. The number of imide groups is 1. The molecule has 26 heavy (non-hydrogen) atoms. The molecule has 1 aliphatic rings. The van der Waals surface area contributed by atoms with E-state index in [0.29, 0.717) is 17.2 Å². The highest BCUT2D eigenvalue weighted by atomic mass is 79.9. The number of aryl methyl sites for hydroxylation is 1. The molecule has 2 amide bonds. The van der Waals surface area contributed by atoms with Crippen LogP contribution in [-0.2, 0) is 9.59 Å². The minimum atomic E-state index is -0.446. The van der Waals surface area contributed by atoms with Crippen LogP contribution in [0.1, 0.15) is 5.56 Å². The Morgan fingerprint density at radius 3 is 2.46 bits per heavy atom. The second-order valence-electron chi connectivity index (χ2n) is 5.73. The summed E-state index contributed by atoms with van der Waals surface area (Å²) in [6.45, 7) is 1.60. The van der Waals surface area contributed by atoms with Crippen LogP contribution >= 0.6 is 15.9 Å². The molecule has 0 unspecified atom stereocenters. The number of hydrogen-bond donors (Lipinski definition) is 2. The number of β-amino-alcohol motifs (C(OH)–C–C–N with tert-alkyl or cyclic N) is 1. The van der Waals surface area contributed by atoms with E-state index in [1.165, 1.54) is 6.08 Å². The largest absolute Gasteiger partial charge is 0.457 e. The van der Waals surface area contributed by atoms with Crippen molar-refractivity contribution in [3.63, 3.8) is 0 Å². The number of halogens is 1. The zero-order valence-electron chi connectivity index (χ0n) is 14.0. The van der Waals surface area contributed by atoms with Crippen molar-refractivity contribution >= 4 is 33.4 Å². The lowest BCUT2D eigenvalue weighted by Crippen LogP contribution is -2.34. The molecule has 0 bridgehead atoms. The molecule has 0 atom stereocenters. The van der Waals surface area contributed by atoms with Gasteiger partial charge in [0.05, 0.1) is 13.2 Å². The van der Waals surface area contributed by atoms with Crippen molar-refractivity contribution in [3.8, 4) is 11.5 Å². The van der Waals surface area contributed by atoms with Gasteiger partial charge in [-0.05, 0) is 55.0 Å². The summed E-state index contributed by atoms with van der Waals surface area (Å²) >= 11 is 3.38. The van der Waals surface area contributed by atoms with Crippen LogP contribution in [-0.4, -0.2) is 35.0 Å². The van der Waals surface area contributed by atoms with Gasteiger partial charge in [0.1, 0.15) is 17.2 Å². The first kappa shape index (κ1) is 18.2. The SMILES string of the molecule is Cc1cc(Oc2ccc(Br)cc2)ccc1NC1=CC(=O)N(CCO)C1=O. The van der Waals surface area contributed by atoms with Gasteiger partial charge < -0.3 is 15.2 Å². The van der Waals surface area contributed by atoms with Crippen LogP contribution in [0.2, 0.25) is 0 Å². The molecule has 0 saturated heterocycles. The number of hydrogen-bond acceptors (Lipinski definition) is 5. The van der Waals surface area contributed by atoms with Crippen LogP contribution in [0, 0.1) is 6.92 Å². The normalized spacial score (nSPS) is 13.8. The van der Waals surface area contributed by atoms with Crippen LogP contribution in [0.3, 0.4) is 0 Å². The minimum Gasteiger partial charge on any atom is -0.457 e. The zero-order chi connectivity index (χ0) is 18.7. The lowest BCUT2D eigenvalue weighted by atomic mass is 10.2. The number of nitrogens with one attached hydrogen (secondary N) is 1. The summed E-state index contributed by atoms with van der Waals surface area (Å²) in [5, 5.41) is 11.9. The molecule has 0 fully saturated rings. The monoisotopic (exact) mass is 416 g/mol. The van der Waals surface area contributed by atoms with E-state index in [2.05, 4.69) is 21.2 Å². The lowest BCUT2D eigenvalue weighted by Gasteiger charge is -2.15. The summed E-state index contributed by atoms with van der Waals surface area (Å²) in [6.07, 6.45) is 1.24. The van der Waals surface area contributed by atoms with Gasteiger partial charge in [0, 0.05) is 16.2 Å². The maximum atomic E-state index is 12.2. The number of nitrogens with zero attached hydrogens (tertiary/aromatic N) is 1. The Morgan fingerprint density at radius 1 is 1.12 bits per heavy atom. The van der Waals surface area contributed by atoms with Crippen LogP contribution in [0.4, 0.5) is 5.69 Å². The van der Waals surface area contributed by atoms with Crippen molar-refractivity contribution in [1.82, 2.24) is 4.90 Å². The van der Waals surface area contributed by atoms with Crippen molar-refractivity contribution in [3.05, 3.63) is 64.3 Å². The molecule has 1 heterocycles. The summed E-state index contributed by atoms with van der Waals surface area (Å²) < 4.78 is 6.78. The van der Waals surface area contributed by atoms with E-state index < -0.39 is 11.8 Å². The van der Waals surface area contributed by atoms with Crippen molar-refractivity contribution in [2.45, 2.75) is 6.92 Å². The Morgan fingerprint density at radius 2 is 1.81 bits per heavy atom. The molecule has 2 aromatic carbocycles. The maximum absolute atomic E-state index is 12.2. The third-order valence-corrected chi connectivity index (χ3v) is 4.38. The number of carbonyl (C=O) groups is 2. The van der Waals surface area contributed by atoms with Crippen LogP contribution in [0.25, 0.3) is 0 Å². The van der Waals surface area contributed by atoms with Gasteiger partial charge in [0.25, 0.3) is 11.8 Å². The lowest BCUT2D eigenvalue weighted by molar-refractivity contribution is -0.137. The van der Waals surface area contributed by atoms with Crippen LogP contribution in [0.15, 0.2) is 58.7 Å². The van der Waals surface area contributed by atoms with E-state index in [-0.39, 0.29) is 18.8 Å². The summed E-state index contributed by atoms with van der Waals surface area (Å²) in [5.74, 6) is 0.505. The van der Waals surface area contributed by atoms with E-state index in [1.54, 1.807) is 12.1 Å². The quantitative estimate of drug-likeness (QED) is 0.706. The average Bonchev–Trinajstić information content (AvgIpc) is 2.87. The molecule has 2 aromatic rings. The van der Waals surface area contributed by atoms with Crippen LogP contribution in [0.5, 0.6) is 11.5 Å². The molecule has 7 heteroatoms. The predicted molar refractivity (Wildman–Crippen MR) is 101 cm³/mol. The molecule has 0 radical (unpaired) electrons. The van der Waals surface area contributed by atoms with E-state index in [9.17, 15) is 9.59 Å². The number of rotatable bonds is 6. The van der Waals surface area contributed by atoms with Gasteiger partial charge in [-0.3, -0.25) is 14.5 Å². The van der Waals surface area contributed by atoms with Crippen molar-refractivity contribution in [2.75, 3.05) is 18.5 Å². The minimum absolute atomic E-state index is 0.0156. The zero-order valence-corrected chi connectivity index (χ0v) is 15.6. The third-order valence-electron chi connectivity index (χ3n) is 3.85. The number of amides is 2. The highest BCUT2D eigenvalue weighted by molar-refractivity contribution is 9.10. The molecule has 0 aromatic heterocycles. The second-order valence-corrected chi connectivity index (χ2v) is 6.65. The van der Waals surface area contributed by atoms with Gasteiger partial charge in [-0.2, -0.15) is 0 Å². The number of anilines is 1. The van der Waals surface area contributed by atoms with E-state index in [1.807, 2.05) is 37.3 Å². The Bertz CT molecular complexity index is 878. The summed E-state index contributed by atoms with van der Waals surface area (Å²) in [5.41, 5.74) is 1.75. The van der Waals surface area contributed by atoms with Crippen molar-refractivity contribution in [1.29, 1.82) is 0 Å². The molecular formula is C19H17BrN2O4. The Labute approximate surface area is 159 Å². The van der Waals surface area contributed by atoms with E-state index in [0.717, 1.165) is 14.9 Å². The topological polar surface area (TPSA) is 78.9 Å². The molecule has 3 rings (SSSR count). The molecule has 0 spiro atoms. The number of aliphatic hydroxyl groups is 1. The molecule has 0 aliphatic carbocycles.